The molecule has 2 aromatic heterocycles. The molecule has 3 heterocycles. The van der Waals surface area contributed by atoms with Gasteiger partial charge in [0.25, 0.3) is 0 Å². The number of hydrogen-bond acceptors (Lipinski definition) is 6. The van der Waals surface area contributed by atoms with Gasteiger partial charge in [0.1, 0.15) is 5.60 Å². The normalized spacial score (nSPS) is 15.8. The Bertz CT molecular complexity index is 759. The molecule has 1 saturated heterocycles. The summed E-state index contributed by atoms with van der Waals surface area (Å²) in [5.74, 6) is 0.871. The first-order valence-corrected chi connectivity index (χ1v) is 8.87. The molecule has 3 rings (SSSR count). The number of aromatic nitrogens is 4. The average Bonchev–Trinajstić information content (AvgIpc) is 2.98. The molecule has 8 nitrogen and oxygen atoms in total. The zero-order valence-electron chi connectivity index (χ0n) is 15.8. The third-order valence-electron chi connectivity index (χ3n) is 4.20. The van der Waals surface area contributed by atoms with Crippen molar-refractivity contribution in [2.24, 2.45) is 7.05 Å². The van der Waals surface area contributed by atoms with Gasteiger partial charge in [-0.25, -0.2) is 14.8 Å². The topological polar surface area (TPSA) is 85.2 Å². The van der Waals surface area contributed by atoms with E-state index >= 15 is 0 Å². The van der Waals surface area contributed by atoms with Crippen molar-refractivity contribution >= 4 is 17.7 Å². The minimum atomic E-state index is -0.465. The summed E-state index contributed by atoms with van der Waals surface area (Å²) in [7, 11) is 1.86. The smallest absolute Gasteiger partial charge is 0.410 e. The number of carbonyl (C=O) groups is 1. The largest absolute Gasteiger partial charge is 0.444 e. The van der Waals surface area contributed by atoms with Gasteiger partial charge in [0.05, 0.1) is 11.9 Å². The molecule has 8 heteroatoms. The van der Waals surface area contributed by atoms with E-state index in [1.54, 1.807) is 22.0 Å². The van der Waals surface area contributed by atoms with Gasteiger partial charge in [-0.3, -0.25) is 4.68 Å². The molecular formula is C18H26N6O2. The van der Waals surface area contributed by atoms with Gasteiger partial charge in [-0.2, -0.15) is 5.10 Å². The summed E-state index contributed by atoms with van der Waals surface area (Å²) in [6.45, 7) is 7.00. The molecule has 0 aromatic carbocycles. The molecule has 0 spiro atoms. The van der Waals surface area contributed by atoms with E-state index in [1.165, 1.54) is 0 Å². The Balaban J connectivity index is 1.59. The average molecular weight is 358 g/mol. The number of likely N-dealkylation sites (tertiary alicyclic amines) is 1. The molecule has 0 unspecified atom stereocenters. The Labute approximate surface area is 153 Å². The van der Waals surface area contributed by atoms with Gasteiger partial charge in [0.15, 0.2) is 0 Å². The van der Waals surface area contributed by atoms with Crippen molar-refractivity contribution in [3.8, 4) is 0 Å². The van der Waals surface area contributed by atoms with Crippen LogP contribution in [0.1, 0.15) is 45.2 Å². The number of carbonyl (C=O) groups excluding carboxylic acids is 1. The zero-order chi connectivity index (χ0) is 18.7. The van der Waals surface area contributed by atoms with E-state index in [9.17, 15) is 4.79 Å². The highest BCUT2D eigenvalue weighted by molar-refractivity contribution is 5.68. The van der Waals surface area contributed by atoms with E-state index in [2.05, 4.69) is 20.4 Å². The quantitative estimate of drug-likeness (QED) is 0.907. The molecule has 1 aliphatic rings. The van der Waals surface area contributed by atoms with Gasteiger partial charge < -0.3 is 15.0 Å². The van der Waals surface area contributed by atoms with Gasteiger partial charge in [-0.1, -0.05) is 0 Å². The Kier molecular flexibility index (Phi) is 5.11. The van der Waals surface area contributed by atoms with Crippen molar-refractivity contribution in [2.75, 3.05) is 18.4 Å². The van der Waals surface area contributed by atoms with Crippen LogP contribution in [0.3, 0.4) is 0 Å². The molecule has 1 fully saturated rings. The van der Waals surface area contributed by atoms with E-state index in [-0.39, 0.29) is 6.09 Å². The summed E-state index contributed by atoms with van der Waals surface area (Å²) in [6.07, 6.45) is 6.86. The molecule has 0 radical (unpaired) electrons. The number of ether oxygens (including phenoxy) is 1. The lowest BCUT2D eigenvalue weighted by molar-refractivity contribution is 0.0204. The van der Waals surface area contributed by atoms with E-state index < -0.39 is 5.60 Å². The van der Waals surface area contributed by atoms with Crippen molar-refractivity contribution < 1.29 is 9.53 Å². The number of aryl methyl sites for hydroxylation is 1. The monoisotopic (exact) mass is 358 g/mol. The van der Waals surface area contributed by atoms with Crippen LogP contribution < -0.4 is 5.32 Å². The van der Waals surface area contributed by atoms with Crippen LogP contribution in [0.2, 0.25) is 0 Å². The SMILES string of the molecule is Cn1cc(Nc2nccc(C3CCN(C(=O)OC(C)(C)C)CC3)n2)cn1. The summed E-state index contributed by atoms with van der Waals surface area (Å²) >= 11 is 0. The summed E-state index contributed by atoms with van der Waals surface area (Å²) in [5, 5.41) is 7.29. The maximum absolute atomic E-state index is 12.2. The fraction of sp³-hybridized carbons (Fsp3) is 0.556. The molecule has 0 aliphatic carbocycles. The van der Waals surface area contributed by atoms with Gasteiger partial charge in [-0.15, -0.1) is 0 Å². The van der Waals surface area contributed by atoms with Crippen LogP contribution in [0.5, 0.6) is 0 Å². The Hall–Kier alpha value is -2.64. The summed E-state index contributed by atoms with van der Waals surface area (Å²) < 4.78 is 7.17. The van der Waals surface area contributed by atoms with Gasteiger partial charge in [0, 0.05) is 44.1 Å². The molecule has 1 aliphatic heterocycles. The second kappa shape index (κ2) is 7.31. The lowest BCUT2D eigenvalue weighted by atomic mass is 9.93. The second-order valence-corrected chi connectivity index (χ2v) is 7.57. The molecule has 0 saturated carbocycles. The van der Waals surface area contributed by atoms with E-state index in [0.29, 0.717) is 25.0 Å². The Morgan fingerprint density at radius 3 is 2.65 bits per heavy atom. The van der Waals surface area contributed by atoms with Gasteiger partial charge in [0.2, 0.25) is 5.95 Å². The summed E-state index contributed by atoms with van der Waals surface area (Å²) in [4.78, 5) is 22.9. The van der Waals surface area contributed by atoms with Crippen LogP contribution in [0, 0.1) is 0 Å². The molecule has 1 amide bonds. The maximum atomic E-state index is 12.2. The number of hydrogen-bond donors (Lipinski definition) is 1. The van der Waals surface area contributed by atoms with Crippen molar-refractivity contribution in [1.82, 2.24) is 24.6 Å². The van der Waals surface area contributed by atoms with Crippen LogP contribution in [0.4, 0.5) is 16.4 Å². The number of piperidine rings is 1. The van der Waals surface area contributed by atoms with Crippen molar-refractivity contribution in [1.29, 1.82) is 0 Å². The third kappa shape index (κ3) is 4.71. The molecule has 1 N–H and O–H groups in total. The van der Waals surface area contributed by atoms with Crippen molar-refractivity contribution in [3.63, 3.8) is 0 Å². The Morgan fingerprint density at radius 2 is 2.04 bits per heavy atom. The summed E-state index contributed by atoms with van der Waals surface area (Å²) in [6, 6.07) is 1.95. The highest BCUT2D eigenvalue weighted by Crippen LogP contribution is 2.28. The maximum Gasteiger partial charge on any atom is 0.410 e. The van der Waals surface area contributed by atoms with Gasteiger partial charge in [-0.05, 0) is 39.7 Å². The molecule has 140 valence electrons. The first-order chi connectivity index (χ1) is 12.3. The lowest BCUT2D eigenvalue weighted by Crippen LogP contribution is -2.41. The number of nitrogens with zero attached hydrogens (tertiary/aromatic N) is 5. The van der Waals surface area contributed by atoms with E-state index in [4.69, 9.17) is 4.74 Å². The number of anilines is 2. The molecule has 0 bridgehead atoms. The van der Waals surface area contributed by atoms with Crippen LogP contribution in [0.15, 0.2) is 24.7 Å². The third-order valence-corrected chi connectivity index (χ3v) is 4.20. The standard InChI is InChI=1S/C18H26N6O2/c1-18(2,3)26-17(25)24-9-6-13(7-10-24)15-5-8-19-16(22-15)21-14-11-20-23(4)12-14/h5,8,11-13H,6-7,9-10H2,1-4H3,(H,19,21,22). The van der Waals surface area contributed by atoms with Crippen LogP contribution in [-0.2, 0) is 11.8 Å². The fourth-order valence-electron chi connectivity index (χ4n) is 2.96. The van der Waals surface area contributed by atoms with Crippen molar-refractivity contribution in [3.05, 3.63) is 30.4 Å². The molecule has 26 heavy (non-hydrogen) atoms. The predicted octanol–water partition coefficient (Wildman–Crippen LogP) is 3.07. The first-order valence-electron chi connectivity index (χ1n) is 8.87. The van der Waals surface area contributed by atoms with Crippen LogP contribution >= 0.6 is 0 Å². The second-order valence-electron chi connectivity index (χ2n) is 7.57. The van der Waals surface area contributed by atoms with Crippen LogP contribution in [0.25, 0.3) is 0 Å². The van der Waals surface area contributed by atoms with E-state index in [0.717, 1.165) is 24.2 Å². The van der Waals surface area contributed by atoms with Crippen LogP contribution in [-0.4, -0.2) is 49.4 Å². The zero-order valence-corrected chi connectivity index (χ0v) is 15.8. The highest BCUT2D eigenvalue weighted by atomic mass is 16.6. The minimum absolute atomic E-state index is 0.238. The molecule has 2 aromatic rings. The van der Waals surface area contributed by atoms with E-state index in [1.807, 2.05) is 40.1 Å². The first kappa shape index (κ1) is 18.2. The van der Waals surface area contributed by atoms with Crippen molar-refractivity contribution in [2.45, 2.75) is 45.1 Å². The molecular weight excluding hydrogens is 332 g/mol. The lowest BCUT2D eigenvalue weighted by Gasteiger charge is -2.33. The Morgan fingerprint density at radius 1 is 1.31 bits per heavy atom. The highest BCUT2D eigenvalue weighted by Gasteiger charge is 2.28. The van der Waals surface area contributed by atoms with Gasteiger partial charge >= 0.3 is 6.09 Å². The molecule has 0 atom stereocenters. The fourth-order valence-corrected chi connectivity index (χ4v) is 2.96. The summed E-state index contributed by atoms with van der Waals surface area (Å²) in [5.41, 5.74) is 1.38. The number of nitrogens with one attached hydrogen (secondary N) is 1. The minimum Gasteiger partial charge on any atom is -0.444 e. The predicted molar refractivity (Wildman–Crippen MR) is 98.3 cm³/mol. The number of rotatable bonds is 3. The number of amides is 1.